The molecule has 1 saturated carbocycles. The summed E-state index contributed by atoms with van der Waals surface area (Å²) >= 11 is 1.52. The SMILES string of the molecule is C[C@@H]1CCc2sc(C(=O)O[C@@H](C)C(=O)NC3CC3)cc2C1. The largest absolute Gasteiger partial charge is 0.448 e. The molecule has 5 heteroatoms. The lowest BCUT2D eigenvalue weighted by Gasteiger charge is -2.16. The first kappa shape index (κ1) is 14.6. The van der Waals surface area contributed by atoms with Gasteiger partial charge < -0.3 is 10.1 Å². The number of hydrogen-bond donors (Lipinski definition) is 1. The zero-order valence-electron chi connectivity index (χ0n) is 12.5. The number of ether oxygens (including phenoxy) is 1. The van der Waals surface area contributed by atoms with Crippen molar-refractivity contribution < 1.29 is 14.3 Å². The Morgan fingerprint density at radius 1 is 1.38 bits per heavy atom. The molecule has 1 N–H and O–H groups in total. The van der Waals surface area contributed by atoms with Gasteiger partial charge in [0.2, 0.25) is 0 Å². The Bertz CT molecular complexity index is 562. The van der Waals surface area contributed by atoms with E-state index in [1.54, 1.807) is 6.92 Å². The van der Waals surface area contributed by atoms with Crippen LogP contribution in [0.1, 0.15) is 53.2 Å². The average Bonchev–Trinajstić information content (AvgIpc) is 3.14. The normalized spacial score (nSPS) is 22.3. The number of nitrogens with one attached hydrogen (secondary N) is 1. The van der Waals surface area contributed by atoms with Crippen molar-refractivity contribution in [1.82, 2.24) is 5.32 Å². The second kappa shape index (κ2) is 5.79. The zero-order valence-corrected chi connectivity index (χ0v) is 13.3. The molecule has 0 unspecified atom stereocenters. The Labute approximate surface area is 128 Å². The lowest BCUT2D eigenvalue weighted by Crippen LogP contribution is -2.36. The quantitative estimate of drug-likeness (QED) is 0.870. The minimum Gasteiger partial charge on any atom is -0.448 e. The van der Waals surface area contributed by atoms with Gasteiger partial charge in [0.05, 0.1) is 0 Å². The van der Waals surface area contributed by atoms with Gasteiger partial charge in [-0.15, -0.1) is 11.3 Å². The van der Waals surface area contributed by atoms with Gasteiger partial charge in [0.1, 0.15) is 4.88 Å². The summed E-state index contributed by atoms with van der Waals surface area (Å²) in [5.74, 6) is 0.112. The minimum atomic E-state index is -0.726. The molecular formula is C16H21NO3S. The summed E-state index contributed by atoms with van der Waals surface area (Å²) in [4.78, 5) is 25.9. The van der Waals surface area contributed by atoms with Crippen LogP contribution >= 0.6 is 11.3 Å². The number of hydrogen-bond acceptors (Lipinski definition) is 4. The number of amides is 1. The molecule has 0 bridgehead atoms. The third-order valence-electron chi connectivity index (χ3n) is 4.11. The molecule has 1 fully saturated rings. The molecule has 1 heterocycles. The van der Waals surface area contributed by atoms with Gasteiger partial charge in [-0.2, -0.15) is 0 Å². The molecular weight excluding hydrogens is 286 g/mol. The smallest absolute Gasteiger partial charge is 0.349 e. The van der Waals surface area contributed by atoms with E-state index in [9.17, 15) is 9.59 Å². The van der Waals surface area contributed by atoms with Crippen molar-refractivity contribution in [3.63, 3.8) is 0 Å². The standard InChI is InChI=1S/C16H21NO3S/c1-9-3-6-13-11(7-9)8-14(21-13)16(19)20-10(2)15(18)17-12-4-5-12/h8-10,12H,3-7H2,1-2H3,(H,17,18)/t9-,10+/m1/s1. The summed E-state index contributed by atoms with van der Waals surface area (Å²) < 4.78 is 5.29. The summed E-state index contributed by atoms with van der Waals surface area (Å²) in [6.07, 6.45) is 4.60. The van der Waals surface area contributed by atoms with E-state index in [0.717, 1.165) is 25.7 Å². The van der Waals surface area contributed by atoms with Crippen molar-refractivity contribution in [3.05, 3.63) is 21.4 Å². The van der Waals surface area contributed by atoms with Crippen LogP contribution in [0.25, 0.3) is 0 Å². The van der Waals surface area contributed by atoms with E-state index in [4.69, 9.17) is 4.74 Å². The van der Waals surface area contributed by atoms with E-state index in [0.29, 0.717) is 10.8 Å². The lowest BCUT2D eigenvalue weighted by atomic mass is 9.90. The Morgan fingerprint density at radius 2 is 2.14 bits per heavy atom. The number of rotatable bonds is 4. The molecule has 0 saturated heterocycles. The van der Waals surface area contributed by atoms with Crippen LogP contribution in [0.15, 0.2) is 6.07 Å². The molecule has 2 atom stereocenters. The van der Waals surface area contributed by atoms with Crippen LogP contribution in [0, 0.1) is 5.92 Å². The molecule has 3 rings (SSSR count). The third kappa shape index (κ3) is 3.46. The fraction of sp³-hybridized carbons (Fsp3) is 0.625. The van der Waals surface area contributed by atoms with Crippen LogP contribution in [0.3, 0.4) is 0 Å². The summed E-state index contributed by atoms with van der Waals surface area (Å²) in [7, 11) is 0. The van der Waals surface area contributed by atoms with E-state index in [1.165, 1.54) is 28.2 Å². The fourth-order valence-electron chi connectivity index (χ4n) is 2.62. The highest BCUT2D eigenvalue weighted by Gasteiger charge is 2.28. The van der Waals surface area contributed by atoms with Crippen LogP contribution < -0.4 is 5.32 Å². The highest BCUT2D eigenvalue weighted by Crippen LogP contribution is 2.32. The predicted octanol–water partition coefficient (Wildman–Crippen LogP) is 2.70. The van der Waals surface area contributed by atoms with Gasteiger partial charge in [0.25, 0.3) is 5.91 Å². The molecule has 2 aliphatic rings. The predicted molar refractivity (Wildman–Crippen MR) is 81.6 cm³/mol. The van der Waals surface area contributed by atoms with Crippen LogP contribution in [0.2, 0.25) is 0 Å². The maximum Gasteiger partial charge on any atom is 0.349 e. The molecule has 0 radical (unpaired) electrons. The van der Waals surface area contributed by atoms with Crippen LogP contribution in [-0.2, 0) is 22.4 Å². The first-order valence-electron chi connectivity index (χ1n) is 7.66. The van der Waals surface area contributed by atoms with Gasteiger partial charge in [-0.3, -0.25) is 4.79 Å². The highest BCUT2D eigenvalue weighted by molar-refractivity contribution is 7.14. The van der Waals surface area contributed by atoms with E-state index >= 15 is 0 Å². The summed E-state index contributed by atoms with van der Waals surface area (Å²) in [5, 5.41) is 2.85. The highest BCUT2D eigenvalue weighted by atomic mass is 32.1. The van der Waals surface area contributed by atoms with Crippen molar-refractivity contribution >= 4 is 23.2 Å². The molecule has 0 aromatic carbocycles. The molecule has 4 nitrogen and oxygen atoms in total. The molecule has 1 aromatic rings. The Kier molecular flexibility index (Phi) is 4.02. The number of aryl methyl sites for hydroxylation is 1. The van der Waals surface area contributed by atoms with Gasteiger partial charge in [-0.05, 0) is 56.6 Å². The van der Waals surface area contributed by atoms with E-state index < -0.39 is 6.10 Å². The molecule has 1 amide bonds. The minimum absolute atomic E-state index is 0.194. The van der Waals surface area contributed by atoms with Gasteiger partial charge in [-0.1, -0.05) is 6.92 Å². The number of thiophene rings is 1. The molecule has 0 aliphatic heterocycles. The van der Waals surface area contributed by atoms with Gasteiger partial charge in [0.15, 0.2) is 6.10 Å². The number of carbonyl (C=O) groups excluding carboxylic acids is 2. The maximum atomic E-state index is 12.2. The summed E-state index contributed by atoms with van der Waals surface area (Å²) in [5.41, 5.74) is 1.28. The fourth-order valence-corrected chi connectivity index (χ4v) is 3.72. The van der Waals surface area contributed by atoms with E-state index in [2.05, 4.69) is 12.2 Å². The van der Waals surface area contributed by atoms with Gasteiger partial charge >= 0.3 is 5.97 Å². The summed E-state index contributed by atoms with van der Waals surface area (Å²) in [6, 6.07) is 2.23. The van der Waals surface area contributed by atoms with Gasteiger partial charge in [-0.25, -0.2) is 4.79 Å². The Balaban J connectivity index is 1.61. The number of carbonyl (C=O) groups is 2. The first-order chi connectivity index (χ1) is 10.0. The monoisotopic (exact) mass is 307 g/mol. The summed E-state index contributed by atoms with van der Waals surface area (Å²) in [6.45, 7) is 3.87. The van der Waals surface area contributed by atoms with Crippen LogP contribution in [0.5, 0.6) is 0 Å². The van der Waals surface area contributed by atoms with Gasteiger partial charge in [0, 0.05) is 10.9 Å². The molecule has 2 aliphatic carbocycles. The second-order valence-corrected chi connectivity index (χ2v) is 7.37. The second-order valence-electron chi connectivity index (χ2n) is 6.24. The lowest BCUT2D eigenvalue weighted by molar-refractivity contribution is -0.129. The Morgan fingerprint density at radius 3 is 2.86 bits per heavy atom. The zero-order chi connectivity index (χ0) is 15.0. The van der Waals surface area contributed by atoms with Crippen molar-refractivity contribution in [2.45, 2.75) is 58.1 Å². The first-order valence-corrected chi connectivity index (χ1v) is 8.47. The van der Waals surface area contributed by atoms with Crippen LogP contribution in [-0.4, -0.2) is 24.0 Å². The van der Waals surface area contributed by atoms with Crippen molar-refractivity contribution in [2.24, 2.45) is 5.92 Å². The third-order valence-corrected chi connectivity index (χ3v) is 5.32. The molecule has 0 spiro atoms. The number of esters is 1. The topological polar surface area (TPSA) is 55.4 Å². The number of fused-ring (bicyclic) bond motifs is 1. The van der Waals surface area contributed by atoms with E-state index in [-0.39, 0.29) is 17.9 Å². The average molecular weight is 307 g/mol. The van der Waals surface area contributed by atoms with Crippen molar-refractivity contribution in [3.8, 4) is 0 Å². The molecule has 21 heavy (non-hydrogen) atoms. The van der Waals surface area contributed by atoms with Crippen molar-refractivity contribution in [1.29, 1.82) is 0 Å². The van der Waals surface area contributed by atoms with Crippen LogP contribution in [0.4, 0.5) is 0 Å². The van der Waals surface area contributed by atoms with E-state index in [1.807, 2.05) is 6.07 Å². The van der Waals surface area contributed by atoms with Crippen molar-refractivity contribution in [2.75, 3.05) is 0 Å². The molecule has 114 valence electrons. The maximum absolute atomic E-state index is 12.2. The Hall–Kier alpha value is -1.36. The molecule has 1 aromatic heterocycles.